The number of ether oxygens (including phenoxy) is 3. The first-order chi connectivity index (χ1) is 41.2. The number of phosphoric ester groups is 2. The van der Waals surface area contributed by atoms with Crippen molar-refractivity contribution in [3.63, 3.8) is 0 Å². The van der Waals surface area contributed by atoms with E-state index in [9.17, 15) is 43.5 Å². The second-order valence-corrected chi connectivity index (χ2v) is 24.1. The molecule has 0 radical (unpaired) electrons. The molecule has 0 fully saturated rings. The minimum absolute atomic E-state index is 0.0885. The van der Waals surface area contributed by atoms with E-state index in [2.05, 4.69) is 130 Å². The number of unbranched alkanes of at least 4 members (excludes halogenated alkanes) is 19. The summed E-state index contributed by atoms with van der Waals surface area (Å²) in [7, 11) is -9.78. The minimum atomic E-state index is -4.93. The van der Waals surface area contributed by atoms with Crippen LogP contribution in [0.3, 0.4) is 0 Å². The maximum absolute atomic E-state index is 12.9. The summed E-state index contributed by atoms with van der Waals surface area (Å²) in [5.74, 6) is -1.63. The van der Waals surface area contributed by atoms with Gasteiger partial charge in [-0.1, -0.05) is 207 Å². The number of aliphatic hydroxyl groups excluding tert-OH is 2. The summed E-state index contributed by atoms with van der Waals surface area (Å²) < 4.78 is 60.7. The van der Waals surface area contributed by atoms with E-state index < -0.39 is 91.5 Å². The molecule has 0 saturated carbocycles. The lowest BCUT2D eigenvalue weighted by Gasteiger charge is -2.21. The lowest BCUT2D eigenvalue weighted by atomic mass is 10.1. The molecular formula is C67H114O16P2. The average Bonchev–Trinajstić information content (AvgIpc) is 3.51. The Morgan fingerprint density at radius 3 is 1.00 bits per heavy atom. The molecule has 5 atom stereocenters. The topological polar surface area (TPSA) is 231 Å². The molecule has 85 heavy (non-hydrogen) atoms. The van der Waals surface area contributed by atoms with Gasteiger partial charge >= 0.3 is 33.6 Å². The van der Waals surface area contributed by atoms with Crippen LogP contribution in [0.5, 0.6) is 0 Å². The minimum Gasteiger partial charge on any atom is -0.463 e. The van der Waals surface area contributed by atoms with Crippen LogP contribution >= 0.6 is 15.6 Å². The van der Waals surface area contributed by atoms with Crippen LogP contribution in [0.25, 0.3) is 0 Å². The molecule has 0 amide bonds. The van der Waals surface area contributed by atoms with Crippen LogP contribution in [0.15, 0.2) is 109 Å². The van der Waals surface area contributed by atoms with E-state index in [1.165, 1.54) is 25.7 Å². The van der Waals surface area contributed by atoms with Gasteiger partial charge in [-0.2, -0.15) is 0 Å². The molecule has 0 aromatic carbocycles. The quantitative estimate of drug-likeness (QED) is 0.0146. The lowest BCUT2D eigenvalue weighted by Crippen LogP contribution is -2.30. The van der Waals surface area contributed by atoms with Crippen molar-refractivity contribution < 1.29 is 75.8 Å². The molecule has 0 aliphatic carbocycles. The van der Waals surface area contributed by atoms with E-state index in [0.29, 0.717) is 19.3 Å². The van der Waals surface area contributed by atoms with E-state index in [4.69, 9.17) is 32.3 Å². The third-order valence-corrected chi connectivity index (χ3v) is 14.9. The number of hydrogen-bond acceptors (Lipinski definition) is 14. The Morgan fingerprint density at radius 1 is 0.341 bits per heavy atom. The highest BCUT2D eigenvalue weighted by atomic mass is 31.2. The Morgan fingerprint density at radius 2 is 0.624 bits per heavy atom. The number of rotatable bonds is 60. The molecule has 0 heterocycles. The van der Waals surface area contributed by atoms with Gasteiger partial charge in [-0.15, -0.1) is 0 Å². The van der Waals surface area contributed by atoms with Crippen molar-refractivity contribution in [2.45, 2.75) is 257 Å². The molecule has 5 unspecified atom stereocenters. The Labute approximate surface area is 513 Å². The highest BCUT2D eigenvalue weighted by molar-refractivity contribution is 7.47. The zero-order chi connectivity index (χ0) is 62.4. The van der Waals surface area contributed by atoms with Crippen molar-refractivity contribution in [1.82, 2.24) is 0 Å². The normalized spacial score (nSPS) is 15.0. The summed E-state index contributed by atoms with van der Waals surface area (Å²) in [5, 5.41) is 20.5. The van der Waals surface area contributed by atoms with E-state index in [0.717, 1.165) is 154 Å². The lowest BCUT2D eigenvalue weighted by molar-refractivity contribution is -0.161. The molecule has 0 rings (SSSR count). The first-order valence-electron chi connectivity index (χ1n) is 32.2. The fourth-order valence-corrected chi connectivity index (χ4v) is 9.66. The van der Waals surface area contributed by atoms with Crippen LogP contribution in [-0.4, -0.2) is 95.9 Å². The second-order valence-electron chi connectivity index (χ2n) is 21.1. The first kappa shape index (κ1) is 81.2. The third kappa shape index (κ3) is 61.6. The fraction of sp³-hybridized carbons (Fsp3) is 0.687. The predicted octanol–water partition coefficient (Wildman–Crippen LogP) is 17.3. The van der Waals surface area contributed by atoms with E-state index >= 15 is 0 Å². The SMILES string of the molecule is CC/C=C\C/C=C\C/C=C\C/C=C\C/C=C\CCCCCCCC(=O)OCC(O)COP(=O)(O)OCC(O)COP(=O)(O)OCC(COC(=O)CCCCCCC/C=C\C/C=C\C/C=C\CC)OC(=O)CCCCCCC/C=C\CCCCCC. The maximum atomic E-state index is 12.9. The van der Waals surface area contributed by atoms with Gasteiger partial charge in [0.1, 0.15) is 25.4 Å². The summed E-state index contributed by atoms with van der Waals surface area (Å²) in [4.78, 5) is 58.2. The molecule has 18 heteroatoms. The smallest absolute Gasteiger partial charge is 0.463 e. The van der Waals surface area contributed by atoms with Crippen molar-refractivity contribution in [3.8, 4) is 0 Å². The molecule has 4 N–H and O–H groups in total. The number of phosphoric acid groups is 2. The zero-order valence-corrected chi connectivity index (χ0v) is 54.3. The Hall–Kier alpha value is -3.79. The third-order valence-electron chi connectivity index (χ3n) is 13.0. The molecule has 16 nitrogen and oxygen atoms in total. The van der Waals surface area contributed by atoms with Gasteiger partial charge in [0.05, 0.1) is 26.4 Å². The van der Waals surface area contributed by atoms with Crippen molar-refractivity contribution in [3.05, 3.63) is 109 Å². The number of carbonyl (C=O) groups is 3. The average molecular weight is 1240 g/mol. The molecule has 0 aliphatic rings. The largest absolute Gasteiger partial charge is 0.472 e. The molecule has 0 saturated heterocycles. The summed E-state index contributed by atoms with van der Waals surface area (Å²) in [6, 6.07) is 0. The van der Waals surface area contributed by atoms with Gasteiger partial charge in [0.15, 0.2) is 6.10 Å². The number of aliphatic hydroxyl groups is 2. The first-order valence-corrected chi connectivity index (χ1v) is 35.2. The van der Waals surface area contributed by atoms with E-state index in [1.807, 2.05) is 0 Å². The Balaban J connectivity index is 4.65. The molecule has 0 aromatic rings. The van der Waals surface area contributed by atoms with Gasteiger partial charge in [-0.3, -0.25) is 32.5 Å². The maximum Gasteiger partial charge on any atom is 0.472 e. The number of allylic oxidation sites excluding steroid dienone is 18. The summed E-state index contributed by atoms with van der Waals surface area (Å²) >= 11 is 0. The molecular weight excluding hydrogens is 1120 g/mol. The van der Waals surface area contributed by atoms with Crippen LogP contribution in [0.4, 0.5) is 0 Å². The number of carbonyl (C=O) groups excluding carboxylic acids is 3. The van der Waals surface area contributed by atoms with Crippen molar-refractivity contribution in [2.24, 2.45) is 0 Å². The van der Waals surface area contributed by atoms with Crippen LogP contribution in [0.1, 0.15) is 239 Å². The highest BCUT2D eigenvalue weighted by Crippen LogP contribution is 2.45. The van der Waals surface area contributed by atoms with E-state index in [-0.39, 0.29) is 19.3 Å². The van der Waals surface area contributed by atoms with Crippen LogP contribution in [0.2, 0.25) is 0 Å². The Bertz CT molecular complexity index is 1990. The van der Waals surface area contributed by atoms with Crippen LogP contribution in [-0.2, 0) is 55.8 Å². The molecule has 488 valence electrons. The van der Waals surface area contributed by atoms with Gasteiger partial charge < -0.3 is 34.2 Å². The predicted molar refractivity (Wildman–Crippen MR) is 344 cm³/mol. The summed E-state index contributed by atoms with van der Waals surface area (Å²) in [6.45, 7) is 2.35. The van der Waals surface area contributed by atoms with Gasteiger partial charge in [0.25, 0.3) is 0 Å². The van der Waals surface area contributed by atoms with Gasteiger partial charge in [-0.05, 0) is 122 Å². The van der Waals surface area contributed by atoms with Crippen molar-refractivity contribution >= 4 is 33.6 Å². The molecule has 0 spiro atoms. The monoisotopic (exact) mass is 1240 g/mol. The van der Waals surface area contributed by atoms with Gasteiger partial charge in [-0.25, -0.2) is 9.13 Å². The number of hydrogen-bond donors (Lipinski definition) is 4. The van der Waals surface area contributed by atoms with Crippen molar-refractivity contribution in [1.29, 1.82) is 0 Å². The highest BCUT2D eigenvalue weighted by Gasteiger charge is 2.29. The van der Waals surface area contributed by atoms with Crippen LogP contribution in [0, 0.1) is 0 Å². The van der Waals surface area contributed by atoms with Crippen LogP contribution < -0.4 is 0 Å². The second kappa shape index (κ2) is 60.5. The fourth-order valence-electron chi connectivity index (χ4n) is 8.07. The molecule has 0 aliphatic heterocycles. The molecule has 0 bridgehead atoms. The Kier molecular flexibility index (Phi) is 57.8. The number of esters is 3. The standard InChI is InChI=1S/C67H114O16P2/c1-4-7-10-13-16-19-22-25-27-28-29-30-31-32-34-37-38-41-44-47-50-53-65(70)77-56-62(68)57-79-84(73,74)80-58-63(69)59-81-85(75,76)82-61-64(83-67(72)55-52-49-46-43-40-35-24-21-18-15-12-9-6-3)60-78-66(71)54-51-48-45-42-39-36-33-26-23-20-17-14-11-8-5-2/h7-8,10-11,16-17,19-21,24-27,29-30,32-34,62-64,68-69H,4-6,9,12-15,18,22-23,28,31,35-61H2,1-3H3,(H,73,74)(H,75,76)/b10-7-,11-8-,19-16-,20-17-,24-21-,27-25-,30-29-,33-26-,34-32-. The van der Waals surface area contributed by atoms with E-state index in [1.54, 1.807) is 0 Å². The molecule has 0 aromatic heterocycles. The summed E-state index contributed by atoms with van der Waals surface area (Å²) in [5.41, 5.74) is 0. The van der Waals surface area contributed by atoms with Gasteiger partial charge in [0.2, 0.25) is 0 Å². The summed E-state index contributed by atoms with van der Waals surface area (Å²) in [6.07, 6.45) is 65.8. The van der Waals surface area contributed by atoms with Gasteiger partial charge in [0, 0.05) is 19.3 Å². The zero-order valence-electron chi connectivity index (χ0n) is 52.5. The van der Waals surface area contributed by atoms with Crippen molar-refractivity contribution in [2.75, 3.05) is 39.6 Å².